The smallest absolute Gasteiger partial charge is 0.253 e. The van der Waals surface area contributed by atoms with Gasteiger partial charge < -0.3 is 19.5 Å². The van der Waals surface area contributed by atoms with Crippen molar-refractivity contribution in [2.24, 2.45) is 5.92 Å². The van der Waals surface area contributed by atoms with Crippen LogP contribution in [0.5, 0.6) is 0 Å². The number of ether oxygens (including phenoxy) is 2. The minimum atomic E-state index is -0.597. The lowest BCUT2D eigenvalue weighted by Crippen LogP contribution is -2.51. The number of benzene rings is 2. The Labute approximate surface area is 195 Å². The van der Waals surface area contributed by atoms with Crippen molar-refractivity contribution in [3.05, 3.63) is 71.5 Å². The molecule has 0 unspecified atom stereocenters. The monoisotopic (exact) mass is 458 g/mol. The second-order valence-corrected chi connectivity index (χ2v) is 9.02. The molecule has 6 nitrogen and oxygen atoms in total. The lowest BCUT2D eigenvalue weighted by molar-refractivity contribution is -0.0602. The Kier molecular flexibility index (Phi) is 9.81. The molecule has 2 atom stereocenters. The van der Waals surface area contributed by atoms with Gasteiger partial charge in [-0.1, -0.05) is 44.2 Å². The van der Waals surface area contributed by atoms with Crippen LogP contribution in [0.3, 0.4) is 0 Å². The Morgan fingerprint density at radius 2 is 1.94 bits per heavy atom. The molecule has 180 valence electrons. The number of aliphatic hydroxyl groups is 1. The first-order chi connectivity index (χ1) is 15.9. The average Bonchev–Trinajstić information content (AvgIpc) is 2.79. The van der Waals surface area contributed by atoms with E-state index in [4.69, 9.17) is 9.47 Å². The summed E-state index contributed by atoms with van der Waals surface area (Å²) in [6.45, 7) is 8.28. The second kappa shape index (κ2) is 12.8. The predicted octanol–water partition coefficient (Wildman–Crippen LogP) is 3.20. The van der Waals surface area contributed by atoms with Crippen molar-refractivity contribution in [2.75, 3.05) is 45.9 Å². The highest BCUT2D eigenvalue weighted by Crippen LogP contribution is 2.14. The SMILES string of the molecule is CC(C)CN(C[C@H]1CN(C[C@H](O)COCc2ccccc2)CCO1)C(=O)c1ccc(F)cc1. The number of hydrogen-bond donors (Lipinski definition) is 1. The Bertz CT molecular complexity index is 847. The number of rotatable bonds is 11. The van der Waals surface area contributed by atoms with Gasteiger partial charge in [0.1, 0.15) is 5.82 Å². The summed E-state index contributed by atoms with van der Waals surface area (Å²) < 4.78 is 24.9. The first-order valence-electron chi connectivity index (χ1n) is 11.6. The molecule has 2 aromatic rings. The van der Waals surface area contributed by atoms with Crippen molar-refractivity contribution >= 4 is 5.91 Å². The second-order valence-electron chi connectivity index (χ2n) is 9.02. The quantitative estimate of drug-likeness (QED) is 0.560. The third kappa shape index (κ3) is 8.51. The zero-order valence-electron chi connectivity index (χ0n) is 19.5. The van der Waals surface area contributed by atoms with Gasteiger partial charge >= 0.3 is 0 Å². The number of halogens is 1. The van der Waals surface area contributed by atoms with Crippen LogP contribution in [0.2, 0.25) is 0 Å². The maximum absolute atomic E-state index is 13.3. The highest BCUT2D eigenvalue weighted by atomic mass is 19.1. The summed E-state index contributed by atoms with van der Waals surface area (Å²) in [5.41, 5.74) is 1.54. The Morgan fingerprint density at radius 3 is 2.64 bits per heavy atom. The first kappa shape index (κ1) is 25.3. The topological polar surface area (TPSA) is 62.2 Å². The van der Waals surface area contributed by atoms with Gasteiger partial charge in [-0.05, 0) is 35.7 Å². The van der Waals surface area contributed by atoms with Crippen molar-refractivity contribution in [2.45, 2.75) is 32.7 Å². The van der Waals surface area contributed by atoms with E-state index in [1.165, 1.54) is 24.3 Å². The molecule has 0 radical (unpaired) electrons. The van der Waals surface area contributed by atoms with E-state index >= 15 is 0 Å². The fourth-order valence-electron chi connectivity index (χ4n) is 4.00. The van der Waals surface area contributed by atoms with Crippen LogP contribution in [0, 0.1) is 11.7 Å². The Morgan fingerprint density at radius 1 is 1.21 bits per heavy atom. The highest BCUT2D eigenvalue weighted by Gasteiger charge is 2.27. The molecule has 1 N–H and O–H groups in total. The molecule has 1 saturated heterocycles. The normalized spacial score (nSPS) is 17.8. The zero-order valence-corrected chi connectivity index (χ0v) is 19.5. The van der Waals surface area contributed by atoms with E-state index in [-0.39, 0.29) is 30.4 Å². The molecule has 1 aliphatic heterocycles. The van der Waals surface area contributed by atoms with Crippen LogP contribution in [0.15, 0.2) is 54.6 Å². The molecule has 3 rings (SSSR count). The molecule has 0 aliphatic carbocycles. The van der Waals surface area contributed by atoms with Crippen molar-refractivity contribution in [1.82, 2.24) is 9.80 Å². The maximum atomic E-state index is 13.3. The summed E-state index contributed by atoms with van der Waals surface area (Å²) >= 11 is 0. The van der Waals surface area contributed by atoms with Gasteiger partial charge in [-0.25, -0.2) is 4.39 Å². The number of aliphatic hydroxyl groups excluding tert-OH is 1. The molecule has 0 aromatic heterocycles. The molecule has 0 saturated carbocycles. The van der Waals surface area contributed by atoms with Gasteiger partial charge in [0.2, 0.25) is 0 Å². The molecule has 1 amide bonds. The van der Waals surface area contributed by atoms with E-state index in [0.717, 1.165) is 12.1 Å². The van der Waals surface area contributed by atoms with Gasteiger partial charge in [-0.3, -0.25) is 9.69 Å². The average molecular weight is 459 g/mol. The molecule has 0 spiro atoms. The minimum absolute atomic E-state index is 0.126. The van der Waals surface area contributed by atoms with E-state index in [2.05, 4.69) is 18.7 Å². The number of amides is 1. The van der Waals surface area contributed by atoms with E-state index in [9.17, 15) is 14.3 Å². The summed E-state index contributed by atoms with van der Waals surface area (Å²) in [6.07, 6.45) is -0.751. The molecular weight excluding hydrogens is 423 g/mol. The molecule has 0 bridgehead atoms. The molecule has 1 fully saturated rings. The van der Waals surface area contributed by atoms with E-state index in [0.29, 0.717) is 45.0 Å². The molecule has 1 aliphatic rings. The van der Waals surface area contributed by atoms with Crippen molar-refractivity contribution < 1.29 is 23.8 Å². The third-order valence-electron chi connectivity index (χ3n) is 5.50. The lowest BCUT2D eigenvalue weighted by atomic mass is 10.1. The number of β-amino-alcohol motifs (C(OH)–C–C–N with tert-alkyl or cyclic N) is 1. The van der Waals surface area contributed by atoms with E-state index < -0.39 is 6.10 Å². The van der Waals surface area contributed by atoms with E-state index in [1.54, 1.807) is 4.90 Å². The number of carbonyl (C=O) groups is 1. The molecular formula is C26H35FN2O4. The molecule has 2 aromatic carbocycles. The van der Waals surface area contributed by atoms with Gasteiger partial charge in [0.15, 0.2) is 0 Å². The van der Waals surface area contributed by atoms with Gasteiger partial charge in [0.05, 0.1) is 32.0 Å². The summed E-state index contributed by atoms with van der Waals surface area (Å²) in [4.78, 5) is 17.0. The number of hydrogen-bond acceptors (Lipinski definition) is 5. The van der Waals surface area contributed by atoms with Crippen LogP contribution in [-0.4, -0.2) is 79.0 Å². The van der Waals surface area contributed by atoms with E-state index in [1.807, 2.05) is 30.3 Å². The standard InChI is InChI=1S/C26H35FN2O4/c1-20(2)14-29(26(31)22-8-10-23(27)11-9-22)17-25-16-28(12-13-33-25)15-24(30)19-32-18-21-6-4-3-5-7-21/h3-11,20,24-25,30H,12-19H2,1-2H3/t24-,25+/m0/s1. The fourth-order valence-corrected chi connectivity index (χ4v) is 4.00. The van der Waals surface area contributed by atoms with Crippen LogP contribution in [0.4, 0.5) is 4.39 Å². The molecule has 7 heteroatoms. The fraction of sp³-hybridized carbons (Fsp3) is 0.500. The largest absolute Gasteiger partial charge is 0.389 e. The molecule has 1 heterocycles. The van der Waals surface area contributed by atoms with Crippen LogP contribution >= 0.6 is 0 Å². The summed E-state index contributed by atoms with van der Waals surface area (Å²) in [5.74, 6) is -0.198. The van der Waals surface area contributed by atoms with Crippen molar-refractivity contribution in [3.63, 3.8) is 0 Å². The van der Waals surface area contributed by atoms with Crippen LogP contribution in [0.1, 0.15) is 29.8 Å². The third-order valence-corrected chi connectivity index (χ3v) is 5.50. The van der Waals surface area contributed by atoms with Gasteiger partial charge in [0, 0.05) is 38.3 Å². The van der Waals surface area contributed by atoms with Crippen LogP contribution in [0.25, 0.3) is 0 Å². The van der Waals surface area contributed by atoms with Gasteiger partial charge in [-0.2, -0.15) is 0 Å². The van der Waals surface area contributed by atoms with Gasteiger partial charge in [0.25, 0.3) is 5.91 Å². The number of carbonyl (C=O) groups excluding carboxylic acids is 1. The number of nitrogens with zero attached hydrogens (tertiary/aromatic N) is 2. The summed E-state index contributed by atoms with van der Waals surface area (Å²) in [5, 5.41) is 10.4. The van der Waals surface area contributed by atoms with Crippen LogP contribution in [-0.2, 0) is 16.1 Å². The predicted molar refractivity (Wildman–Crippen MR) is 125 cm³/mol. The minimum Gasteiger partial charge on any atom is -0.389 e. The Balaban J connectivity index is 1.49. The first-order valence-corrected chi connectivity index (χ1v) is 11.6. The number of morpholine rings is 1. The van der Waals surface area contributed by atoms with Crippen LogP contribution < -0.4 is 0 Å². The summed E-state index contributed by atoms with van der Waals surface area (Å²) in [6, 6.07) is 15.5. The zero-order chi connectivity index (χ0) is 23.6. The summed E-state index contributed by atoms with van der Waals surface area (Å²) in [7, 11) is 0. The maximum Gasteiger partial charge on any atom is 0.253 e. The molecule has 33 heavy (non-hydrogen) atoms. The lowest BCUT2D eigenvalue weighted by Gasteiger charge is -2.37. The van der Waals surface area contributed by atoms with Crippen molar-refractivity contribution in [3.8, 4) is 0 Å². The Hall–Kier alpha value is -2.32. The van der Waals surface area contributed by atoms with Crippen molar-refractivity contribution in [1.29, 1.82) is 0 Å². The van der Waals surface area contributed by atoms with Gasteiger partial charge in [-0.15, -0.1) is 0 Å². The highest BCUT2D eigenvalue weighted by molar-refractivity contribution is 5.94.